The Morgan fingerprint density at radius 1 is 1.29 bits per heavy atom. The molecule has 0 radical (unpaired) electrons. The first kappa shape index (κ1) is 10.6. The highest BCUT2D eigenvalue weighted by atomic mass is 15.1. The van der Waals surface area contributed by atoms with Crippen LogP contribution < -0.4 is 5.73 Å². The van der Waals surface area contributed by atoms with Crippen molar-refractivity contribution in [3.8, 4) is 0 Å². The molecule has 0 spiro atoms. The van der Waals surface area contributed by atoms with E-state index < -0.39 is 0 Å². The maximum Gasteiger partial charge on any atom is 0.0427 e. The molecular formula is C12H18N2. The molecule has 0 fully saturated rings. The lowest BCUT2D eigenvalue weighted by Gasteiger charge is -2.20. The van der Waals surface area contributed by atoms with E-state index in [0.717, 1.165) is 12.2 Å². The molecule has 2 N–H and O–H groups in total. The van der Waals surface area contributed by atoms with E-state index in [1.165, 1.54) is 11.1 Å². The molecule has 0 atom stereocenters. The van der Waals surface area contributed by atoms with Crippen LogP contribution in [-0.4, -0.2) is 11.9 Å². The van der Waals surface area contributed by atoms with Crippen LogP contribution in [0.2, 0.25) is 0 Å². The molecular weight excluding hydrogens is 172 g/mol. The van der Waals surface area contributed by atoms with Crippen LogP contribution in [-0.2, 0) is 6.54 Å². The van der Waals surface area contributed by atoms with Gasteiger partial charge in [0.05, 0.1) is 0 Å². The molecule has 2 heteroatoms. The maximum atomic E-state index is 5.68. The number of nitrogens with two attached hydrogens (primary N) is 1. The van der Waals surface area contributed by atoms with Crippen LogP contribution >= 0.6 is 0 Å². The summed E-state index contributed by atoms with van der Waals surface area (Å²) in [6.07, 6.45) is 4.19. The number of benzene rings is 1. The van der Waals surface area contributed by atoms with Crippen LogP contribution in [0.15, 0.2) is 24.4 Å². The van der Waals surface area contributed by atoms with Crippen molar-refractivity contribution >= 4 is 11.8 Å². The van der Waals surface area contributed by atoms with Crippen LogP contribution in [0.4, 0.5) is 5.69 Å². The maximum absolute atomic E-state index is 5.68. The monoisotopic (exact) mass is 190 g/mol. The second kappa shape index (κ2) is 4.70. The van der Waals surface area contributed by atoms with Crippen LogP contribution in [0, 0.1) is 0 Å². The number of hydrogen-bond donors (Lipinski definition) is 1. The molecule has 0 saturated carbocycles. The predicted octanol–water partition coefficient (Wildman–Crippen LogP) is 2.71. The van der Waals surface area contributed by atoms with Gasteiger partial charge < -0.3 is 10.6 Å². The van der Waals surface area contributed by atoms with Gasteiger partial charge in [-0.2, -0.15) is 0 Å². The minimum Gasteiger partial charge on any atom is -0.399 e. The van der Waals surface area contributed by atoms with Gasteiger partial charge in [-0.1, -0.05) is 19.9 Å². The third kappa shape index (κ3) is 2.28. The minimum absolute atomic E-state index is 0.845. The van der Waals surface area contributed by atoms with Crippen LogP contribution in [0.3, 0.4) is 0 Å². The number of hydrogen-bond acceptors (Lipinski definition) is 2. The van der Waals surface area contributed by atoms with Crippen LogP contribution in [0.5, 0.6) is 0 Å². The van der Waals surface area contributed by atoms with Gasteiger partial charge in [-0.15, -0.1) is 0 Å². The van der Waals surface area contributed by atoms with E-state index in [4.69, 9.17) is 5.73 Å². The molecule has 1 heterocycles. The van der Waals surface area contributed by atoms with E-state index in [1.807, 2.05) is 26.0 Å². The van der Waals surface area contributed by atoms with Crippen molar-refractivity contribution < 1.29 is 0 Å². The van der Waals surface area contributed by atoms with Gasteiger partial charge in [-0.25, -0.2) is 0 Å². The minimum atomic E-state index is 0.845. The lowest BCUT2D eigenvalue weighted by Crippen LogP contribution is -2.14. The summed E-state index contributed by atoms with van der Waals surface area (Å²) >= 11 is 0. The van der Waals surface area contributed by atoms with Gasteiger partial charge in [0.25, 0.3) is 0 Å². The summed E-state index contributed by atoms with van der Waals surface area (Å²) in [4.78, 5) is 2.14. The van der Waals surface area contributed by atoms with Gasteiger partial charge >= 0.3 is 0 Å². The average Bonchev–Trinajstić information content (AvgIpc) is 2.20. The Morgan fingerprint density at radius 2 is 2.00 bits per heavy atom. The highest BCUT2D eigenvalue weighted by molar-refractivity contribution is 5.59. The first-order valence-corrected chi connectivity index (χ1v) is 5.02. The average molecular weight is 190 g/mol. The predicted molar refractivity (Wildman–Crippen MR) is 62.7 cm³/mol. The molecule has 1 aliphatic rings. The lowest BCUT2D eigenvalue weighted by atomic mass is 10.0. The van der Waals surface area contributed by atoms with E-state index in [1.54, 1.807) is 0 Å². The summed E-state index contributed by atoms with van der Waals surface area (Å²) < 4.78 is 0. The molecule has 1 aromatic carbocycles. The topological polar surface area (TPSA) is 29.3 Å². The van der Waals surface area contributed by atoms with E-state index in [-0.39, 0.29) is 0 Å². The normalized spacial score (nSPS) is 12.9. The highest BCUT2D eigenvalue weighted by Crippen LogP contribution is 2.20. The Kier molecular flexibility index (Phi) is 3.57. The second-order valence-electron chi connectivity index (χ2n) is 3.19. The molecule has 0 aromatic heterocycles. The second-order valence-corrected chi connectivity index (χ2v) is 3.19. The van der Waals surface area contributed by atoms with E-state index in [2.05, 4.69) is 30.3 Å². The highest BCUT2D eigenvalue weighted by Gasteiger charge is 2.06. The smallest absolute Gasteiger partial charge is 0.0427 e. The van der Waals surface area contributed by atoms with Gasteiger partial charge in [0.1, 0.15) is 0 Å². The number of fused-ring (bicyclic) bond motifs is 1. The van der Waals surface area contributed by atoms with Crippen molar-refractivity contribution in [1.29, 1.82) is 0 Å². The third-order valence-electron chi connectivity index (χ3n) is 2.10. The molecule has 1 aromatic rings. The zero-order valence-corrected chi connectivity index (χ0v) is 9.12. The molecule has 2 nitrogen and oxygen atoms in total. The molecule has 0 aliphatic carbocycles. The molecule has 14 heavy (non-hydrogen) atoms. The first-order valence-electron chi connectivity index (χ1n) is 5.02. The zero-order valence-electron chi connectivity index (χ0n) is 9.12. The molecule has 0 bridgehead atoms. The summed E-state index contributed by atoms with van der Waals surface area (Å²) in [5.41, 5.74) is 9.12. The van der Waals surface area contributed by atoms with Gasteiger partial charge in [-0.05, 0) is 35.5 Å². The molecule has 0 unspecified atom stereocenters. The Morgan fingerprint density at radius 3 is 2.71 bits per heavy atom. The zero-order chi connectivity index (χ0) is 10.6. The first-order chi connectivity index (χ1) is 6.75. The fourth-order valence-corrected chi connectivity index (χ4v) is 1.45. The SMILES string of the molecule is CC.CN1C=Cc2ccc(N)cc2C1. The quantitative estimate of drug-likeness (QED) is 0.637. The molecule has 76 valence electrons. The Balaban J connectivity index is 0.000000461. The largest absolute Gasteiger partial charge is 0.399 e. The fraction of sp³-hybridized carbons (Fsp3) is 0.333. The standard InChI is InChI=1S/C10H12N2.C2H6/c1-12-5-4-8-2-3-10(11)6-9(8)7-12;1-2/h2-6H,7,11H2,1H3;1-2H3. The molecule has 0 amide bonds. The fourth-order valence-electron chi connectivity index (χ4n) is 1.45. The lowest BCUT2D eigenvalue weighted by molar-refractivity contribution is 0.448. The summed E-state index contributed by atoms with van der Waals surface area (Å²) in [6.45, 7) is 4.96. The van der Waals surface area contributed by atoms with Crippen molar-refractivity contribution in [2.24, 2.45) is 0 Å². The Bertz CT molecular complexity index is 329. The third-order valence-corrected chi connectivity index (χ3v) is 2.10. The van der Waals surface area contributed by atoms with E-state index in [0.29, 0.717) is 0 Å². The van der Waals surface area contributed by atoms with Crippen LogP contribution in [0.1, 0.15) is 25.0 Å². The van der Waals surface area contributed by atoms with Crippen molar-refractivity contribution in [3.05, 3.63) is 35.5 Å². The van der Waals surface area contributed by atoms with Gasteiger partial charge in [0, 0.05) is 19.3 Å². The van der Waals surface area contributed by atoms with Gasteiger partial charge in [0.2, 0.25) is 0 Å². The van der Waals surface area contributed by atoms with Crippen molar-refractivity contribution in [1.82, 2.24) is 4.90 Å². The Labute approximate surface area is 86.0 Å². The summed E-state index contributed by atoms with van der Waals surface area (Å²) in [7, 11) is 2.06. The number of anilines is 1. The molecule has 2 rings (SSSR count). The summed E-state index contributed by atoms with van der Waals surface area (Å²) in [5, 5.41) is 0. The van der Waals surface area contributed by atoms with Crippen molar-refractivity contribution in [2.75, 3.05) is 12.8 Å². The van der Waals surface area contributed by atoms with Crippen LogP contribution in [0.25, 0.3) is 6.08 Å². The van der Waals surface area contributed by atoms with Gasteiger partial charge in [0.15, 0.2) is 0 Å². The number of nitrogens with zero attached hydrogens (tertiary/aromatic N) is 1. The Hall–Kier alpha value is -1.44. The van der Waals surface area contributed by atoms with E-state index >= 15 is 0 Å². The summed E-state index contributed by atoms with van der Waals surface area (Å²) in [5.74, 6) is 0. The molecule has 1 aliphatic heterocycles. The molecule has 0 saturated heterocycles. The van der Waals surface area contributed by atoms with Gasteiger partial charge in [-0.3, -0.25) is 0 Å². The number of nitrogen functional groups attached to an aromatic ring is 1. The van der Waals surface area contributed by atoms with E-state index in [9.17, 15) is 0 Å². The van der Waals surface area contributed by atoms with Crippen molar-refractivity contribution in [2.45, 2.75) is 20.4 Å². The number of rotatable bonds is 0. The summed E-state index contributed by atoms with van der Waals surface area (Å²) in [6, 6.07) is 6.04. The van der Waals surface area contributed by atoms with Crippen molar-refractivity contribution in [3.63, 3.8) is 0 Å².